The minimum Gasteiger partial charge on any atom is -0.462 e. The lowest BCUT2D eigenvalue weighted by molar-refractivity contribution is -0.870. The van der Waals surface area contributed by atoms with Gasteiger partial charge < -0.3 is 18.9 Å². The first-order valence-corrected chi connectivity index (χ1v) is 32.4. The zero-order valence-electron chi connectivity index (χ0n) is 51.0. The van der Waals surface area contributed by atoms with Crippen molar-refractivity contribution in [3.63, 3.8) is 0 Å². The second-order valence-corrected chi connectivity index (χ2v) is 22.4. The van der Waals surface area contributed by atoms with Crippen molar-refractivity contribution in [3.8, 4) is 0 Å². The Kier molecular flexibility index (Phi) is 55.6. The van der Waals surface area contributed by atoms with E-state index in [1.165, 1.54) is 25.7 Å². The molecular weight excluding hydrogens is 1010 g/mol. The van der Waals surface area contributed by atoms with Crippen molar-refractivity contribution in [1.29, 1.82) is 0 Å². The average molecular weight is 1130 g/mol. The quantitative estimate of drug-likeness (QED) is 0.0211. The van der Waals surface area contributed by atoms with Crippen LogP contribution in [0.3, 0.4) is 0 Å². The van der Waals surface area contributed by atoms with Crippen LogP contribution in [0.2, 0.25) is 0 Å². The number of quaternary nitrogens is 1. The van der Waals surface area contributed by atoms with Gasteiger partial charge in [0.25, 0.3) is 0 Å². The summed E-state index contributed by atoms with van der Waals surface area (Å²) in [7, 11) is 1.43. The number of phosphoric acid groups is 1. The van der Waals surface area contributed by atoms with Gasteiger partial charge in [0.05, 0.1) is 27.7 Å². The van der Waals surface area contributed by atoms with Crippen molar-refractivity contribution in [1.82, 2.24) is 0 Å². The molecule has 9 nitrogen and oxygen atoms in total. The molecule has 2 unspecified atom stereocenters. The molecule has 0 heterocycles. The highest BCUT2D eigenvalue weighted by atomic mass is 31.2. The lowest BCUT2D eigenvalue weighted by Gasteiger charge is -2.24. The topological polar surface area (TPSA) is 108 Å². The van der Waals surface area contributed by atoms with E-state index in [9.17, 15) is 19.0 Å². The second-order valence-electron chi connectivity index (χ2n) is 21.0. The molecule has 10 heteroatoms. The van der Waals surface area contributed by atoms with Gasteiger partial charge in [-0.2, -0.15) is 0 Å². The number of carbonyl (C=O) groups is 2. The first-order chi connectivity index (χ1) is 39.0. The normalized spacial score (nSPS) is 14.4. The third-order valence-electron chi connectivity index (χ3n) is 12.2. The van der Waals surface area contributed by atoms with Crippen LogP contribution in [0.4, 0.5) is 0 Å². The summed E-state index contributed by atoms with van der Waals surface area (Å²) in [6.07, 6.45) is 89.9. The van der Waals surface area contributed by atoms with E-state index in [0.717, 1.165) is 141 Å². The Labute approximate surface area is 489 Å². The Hall–Kier alpha value is -4.63. The Morgan fingerprint density at radius 3 is 1.00 bits per heavy atom. The lowest BCUT2D eigenvalue weighted by atomic mass is 10.1. The number of hydrogen-bond donors (Lipinski definition) is 1. The molecule has 0 aromatic rings. The molecule has 0 aliphatic rings. The molecule has 0 aromatic heterocycles. The molecule has 0 aliphatic carbocycles. The van der Waals surface area contributed by atoms with Gasteiger partial charge in [-0.15, -0.1) is 0 Å². The molecule has 0 saturated heterocycles. The zero-order valence-corrected chi connectivity index (χ0v) is 51.9. The predicted octanol–water partition coefficient (Wildman–Crippen LogP) is 19.8. The fourth-order valence-electron chi connectivity index (χ4n) is 7.56. The van der Waals surface area contributed by atoms with Gasteiger partial charge in [0.2, 0.25) is 0 Å². The van der Waals surface area contributed by atoms with Gasteiger partial charge in [-0.25, -0.2) is 4.57 Å². The maximum atomic E-state index is 12.8. The van der Waals surface area contributed by atoms with E-state index >= 15 is 0 Å². The van der Waals surface area contributed by atoms with Gasteiger partial charge in [0, 0.05) is 12.8 Å². The van der Waals surface area contributed by atoms with Gasteiger partial charge in [0.1, 0.15) is 19.8 Å². The molecule has 2 atom stereocenters. The van der Waals surface area contributed by atoms with Gasteiger partial charge in [0.15, 0.2) is 6.10 Å². The van der Waals surface area contributed by atoms with Crippen molar-refractivity contribution in [2.24, 2.45) is 0 Å². The SMILES string of the molecule is CC/C=C\C/C=C\C/C=C\C/C=C\C/C=C\C/C=C\C/C=C\C/C=C\CCCCCCCCCCC(=O)OC(COC(=O)CCCCCC/C=C\C/C=C\C/C=C\C/C=C\C/C=C\C/C=C\CC)COP(=O)(O)OCC[N+](C)(C)C. The van der Waals surface area contributed by atoms with Crippen LogP contribution >= 0.6 is 7.82 Å². The Morgan fingerprint density at radius 2 is 0.675 bits per heavy atom. The van der Waals surface area contributed by atoms with E-state index in [0.29, 0.717) is 23.9 Å². The summed E-state index contributed by atoms with van der Waals surface area (Å²) in [6, 6.07) is 0. The minimum atomic E-state index is -4.41. The fraction of sp³-hybridized carbons (Fsp3) is 0.571. The number of nitrogens with zero attached hydrogens (tertiary/aromatic N) is 1. The van der Waals surface area contributed by atoms with Crippen LogP contribution in [0, 0.1) is 0 Å². The van der Waals surface area contributed by atoms with Gasteiger partial charge >= 0.3 is 19.8 Å². The van der Waals surface area contributed by atoms with E-state index in [4.69, 9.17) is 18.5 Å². The van der Waals surface area contributed by atoms with E-state index < -0.39 is 32.5 Å². The monoisotopic (exact) mass is 1130 g/mol. The van der Waals surface area contributed by atoms with E-state index in [2.05, 4.69) is 184 Å². The number of phosphoric ester groups is 1. The van der Waals surface area contributed by atoms with Crippen molar-refractivity contribution >= 4 is 19.8 Å². The number of carbonyl (C=O) groups excluding carboxylic acids is 2. The third-order valence-corrected chi connectivity index (χ3v) is 13.2. The van der Waals surface area contributed by atoms with Crippen molar-refractivity contribution in [2.45, 2.75) is 213 Å². The van der Waals surface area contributed by atoms with Crippen LogP contribution in [-0.2, 0) is 32.7 Å². The molecule has 450 valence electrons. The predicted molar refractivity (Wildman–Crippen MR) is 343 cm³/mol. The molecule has 0 fully saturated rings. The molecule has 0 bridgehead atoms. The van der Waals surface area contributed by atoms with Gasteiger partial charge in [-0.3, -0.25) is 18.6 Å². The first-order valence-electron chi connectivity index (χ1n) is 30.9. The summed E-state index contributed by atoms with van der Waals surface area (Å²) in [5.41, 5.74) is 0. The van der Waals surface area contributed by atoms with Crippen molar-refractivity contribution < 1.29 is 42.1 Å². The molecular formula is C70H113NO8P+. The second kappa shape index (κ2) is 59.0. The maximum Gasteiger partial charge on any atom is 0.472 e. The van der Waals surface area contributed by atoms with Crippen molar-refractivity contribution in [3.05, 3.63) is 170 Å². The number of likely N-dealkylation sites (N-methyl/N-ethyl adjacent to an activating group) is 1. The molecule has 0 rings (SSSR count). The molecule has 1 N–H and O–H groups in total. The third kappa shape index (κ3) is 62.6. The molecule has 0 radical (unpaired) electrons. The Bertz CT molecular complexity index is 1950. The number of hydrogen-bond acceptors (Lipinski definition) is 7. The fourth-order valence-corrected chi connectivity index (χ4v) is 8.30. The summed E-state index contributed by atoms with van der Waals surface area (Å²) >= 11 is 0. The molecule has 0 saturated carbocycles. The molecule has 80 heavy (non-hydrogen) atoms. The van der Waals surface area contributed by atoms with Gasteiger partial charge in [-0.05, 0) is 128 Å². The van der Waals surface area contributed by atoms with Crippen LogP contribution in [-0.4, -0.2) is 74.9 Å². The summed E-state index contributed by atoms with van der Waals surface area (Å²) in [5.74, 6) is -0.851. The number of esters is 2. The average Bonchev–Trinajstić information content (AvgIpc) is 3.42. The summed E-state index contributed by atoms with van der Waals surface area (Å²) < 4.78 is 34.6. The zero-order chi connectivity index (χ0) is 58.4. The molecule has 0 spiro atoms. The molecule has 0 amide bonds. The number of ether oxygens (including phenoxy) is 2. The van der Waals surface area contributed by atoms with Crippen molar-refractivity contribution in [2.75, 3.05) is 47.5 Å². The highest BCUT2D eigenvalue weighted by Crippen LogP contribution is 2.43. The largest absolute Gasteiger partial charge is 0.472 e. The Morgan fingerprint density at radius 1 is 0.388 bits per heavy atom. The van der Waals surface area contributed by atoms with Gasteiger partial charge in [-0.1, -0.05) is 235 Å². The summed E-state index contributed by atoms with van der Waals surface area (Å²) in [5, 5.41) is 0. The maximum absolute atomic E-state index is 12.8. The van der Waals surface area contributed by atoms with Crippen LogP contribution < -0.4 is 0 Å². The minimum absolute atomic E-state index is 0.0151. The number of unbranched alkanes of at least 4 members (excludes halogenated alkanes) is 12. The smallest absolute Gasteiger partial charge is 0.462 e. The summed E-state index contributed by atoms with van der Waals surface area (Å²) in [6.45, 7) is 4.14. The van der Waals surface area contributed by atoms with Crippen LogP contribution in [0.5, 0.6) is 0 Å². The standard InChI is InChI=1S/C70H112NO8P/c1-6-8-10-12-14-16-18-20-22-24-26-28-30-31-32-33-34-35-36-37-38-39-41-43-45-47-49-51-53-55-57-59-61-63-70(73)79-68(67-78-80(74,75)77-65-64-71(3,4)5)66-76-69(72)62-60-58-56-54-52-50-48-46-44-42-40-29-27-25-23-21-19-17-15-13-11-9-7-2/h8-11,14-17,20-23,26-29,31-32,34-35,37-38,41-44,48,50,68H,6-7,12-13,18-19,24-25,30,33,36,39-40,45-47,49,51-67H2,1-5H3/p+1/b10-8-,11-9-,16-14-,17-15-,22-20-,23-21-,28-26-,29-27-,32-31-,35-34-,38-37-,43-41-,44-42-,50-48-. The van der Waals surface area contributed by atoms with E-state index in [-0.39, 0.29) is 26.1 Å². The first kappa shape index (κ1) is 75.4. The van der Waals surface area contributed by atoms with Crippen LogP contribution in [0.15, 0.2) is 170 Å². The number of rotatable bonds is 54. The number of allylic oxidation sites excluding steroid dienone is 28. The lowest BCUT2D eigenvalue weighted by Crippen LogP contribution is -2.37. The highest BCUT2D eigenvalue weighted by molar-refractivity contribution is 7.47. The van der Waals surface area contributed by atoms with Crippen LogP contribution in [0.25, 0.3) is 0 Å². The van der Waals surface area contributed by atoms with E-state index in [1.807, 2.05) is 21.1 Å². The highest BCUT2D eigenvalue weighted by Gasteiger charge is 2.27. The van der Waals surface area contributed by atoms with E-state index in [1.54, 1.807) is 0 Å². The molecule has 0 aromatic carbocycles. The van der Waals surface area contributed by atoms with Crippen LogP contribution in [0.1, 0.15) is 206 Å². The molecule has 0 aliphatic heterocycles. The summed E-state index contributed by atoms with van der Waals surface area (Å²) in [4.78, 5) is 35.8. The Balaban J connectivity index is 4.26.